The average molecular weight is 601 g/mol. The van der Waals surface area contributed by atoms with Crippen LogP contribution < -0.4 is 15.0 Å². The van der Waals surface area contributed by atoms with Gasteiger partial charge in [-0.3, -0.25) is 4.98 Å². The second-order valence-corrected chi connectivity index (χ2v) is 11.7. The number of likely N-dealkylation sites (N-methyl/N-ethyl adjacent to an activating group) is 1. The largest absolute Gasteiger partial charge is 0.508 e. The van der Waals surface area contributed by atoms with Crippen molar-refractivity contribution >= 4 is 27.5 Å². The molecule has 5 heterocycles. The number of hydrogen-bond acceptors (Lipinski definition) is 8. The van der Waals surface area contributed by atoms with E-state index in [0.717, 1.165) is 50.4 Å². The van der Waals surface area contributed by atoms with Gasteiger partial charge in [0.1, 0.15) is 23.7 Å². The maximum atomic E-state index is 15.1. The van der Waals surface area contributed by atoms with Crippen LogP contribution in [0.4, 0.5) is 27.8 Å². The van der Waals surface area contributed by atoms with Crippen LogP contribution in [-0.4, -0.2) is 76.4 Å². The molecule has 4 aromatic rings. The number of aromatic nitrogens is 3. The van der Waals surface area contributed by atoms with Gasteiger partial charge in [0, 0.05) is 48.4 Å². The first-order valence-electron chi connectivity index (χ1n) is 14.3. The number of phenols is 1. The zero-order valence-corrected chi connectivity index (χ0v) is 23.3. The molecule has 0 amide bonds. The number of nitrogens with zero attached hydrogens (tertiary/aromatic N) is 5. The van der Waals surface area contributed by atoms with Gasteiger partial charge in [-0.2, -0.15) is 23.1 Å². The van der Waals surface area contributed by atoms with Crippen LogP contribution in [0.15, 0.2) is 30.5 Å². The summed E-state index contributed by atoms with van der Waals surface area (Å²) in [5.74, 6) is -2.72. The van der Waals surface area contributed by atoms with Gasteiger partial charge < -0.3 is 25.0 Å². The lowest BCUT2D eigenvalue weighted by Crippen LogP contribution is -2.51. The summed E-state index contributed by atoms with van der Waals surface area (Å²) in [7, 11) is 1.96. The summed E-state index contributed by atoms with van der Waals surface area (Å²) in [6.45, 7) is 2.18. The van der Waals surface area contributed by atoms with Crippen LogP contribution >= 0.6 is 0 Å². The molecule has 0 spiro atoms. The van der Waals surface area contributed by atoms with Crippen LogP contribution in [-0.2, 0) is 6.18 Å². The number of rotatable bonds is 5. The third-order valence-electron chi connectivity index (χ3n) is 8.82. The quantitative estimate of drug-likeness (QED) is 0.300. The highest BCUT2D eigenvalue weighted by molar-refractivity contribution is 6.02. The monoisotopic (exact) mass is 600 g/mol. The van der Waals surface area contributed by atoms with Crippen LogP contribution in [0, 0.1) is 11.6 Å². The molecule has 13 heteroatoms. The molecule has 2 N–H and O–H groups in total. The zero-order chi connectivity index (χ0) is 30.0. The number of hydrogen-bond donors (Lipinski definition) is 2. The Kier molecular flexibility index (Phi) is 6.77. The van der Waals surface area contributed by atoms with Crippen molar-refractivity contribution in [2.75, 3.05) is 38.2 Å². The van der Waals surface area contributed by atoms with E-state index in [2.05, 4.69) is 25.2 Å². The van der Waals surface area contributed by atoms with Crippen LogP contribution in [0.2, 0.25) is 0 Å². The number of anilines is 1. The van der Waals surface area contributed by atoms with Crippen molar-refractivity contribution in [3.05, 3.63) is 47.7 Å². The summed E-state index contributed by atoms with van der Waals surface area (Å²) < 4.78 is 80.6. The molecule has 226 valence electrons. The Hall–Kier alpha value is -3.84. The Labute approximate surface area is 243 Å². The maximum Gasteiger partial charge on any atom is 0.420 e. The van der Waals surface area contributed by atoms with E-state index in [1.165, 1.54) is 12.3 Å². The van der Waals surface area contributed by atoms with Crippen LogP contribution in [0.5, 0.6) is 11.8 Å². The highest BCUT2D eigenvalue weighted by atomic mass is 19.4. The number of ether oxygens (including phenoxy) is 1. The molecule has 0 aliphatic carbocycles. The Bertz CT molecular complexity index is 1720. The lowest BCUT2D eigenvalue weighted by atomic mass is 9.96. The number of piperazine rings is 1. The van der Waals surface area contributed by atoms with Gasteiger partial charge in [0.25, 0.3) is 0 Å². The van der Waals surface area contributed by atoms with E-state index >= 15 is 17.6 Å². The normalized spacial score (nSPS) is 22.7. The van der Waals surface area contributed by atoms with E-state index < -0.39 is 51.3 Å². The van der Waals surface area contributed by atoms with E-state index in [-0.39, 0.29) is 47.3 Å². The third-order valence-corrected chi connectivity index (χ3v) is 8.82. The number of benzene rings is 2. The van der Waals surface area contributed by atoms with Crippen LogP contribution in [0.25, 0.3) is 32.9 Å². The molecule has 0 saturated carbocycles. The Morgan fingerprint density at radius 1 is 1.07 bits per heavy atom. The predicted octanol–water partition coefficient (Wildman–Crippen LogP) is 5.26. The van der Waals surface area contributed by atoms with Crippen LogP contribution in [0.1, 0.15) is 31.2 Å². The SMILES string of the molecule is CN1CCC[C@H]1COc1nc(N2CC3CCC(C2)N3)c2cnc(-c3cc(O)cc4ccc(F)c(F)c34)c(C(F)(F)F)c2n1. The summed E-state index contributed by atoms with van der Waals surface area (Å²) in [5, 5.41) is 13.5. The van der Waals surface area contributed by atoms with Crippen LogP contribution in [0.3, 0.4) is 0 Å². The molecule has 2 bridgehead atoms. The lowest BCUT2D eigenvalue weighted by molar-refractivity contribution is -0.136. The van der Waals surface area contributed by atoms with Crippen molar-refractivity contribution < 1.29 is 31.8 Å². The smallest absolute Gasteiger partial charge is 0.420 e. The summed E-state index contributed by atoms with van der Waals surface area (Å²) in [4.78, 5) is 17.1. The Balaban J connectivity index is 1.46. The molecule has 2 unspecified atom stereocenters. The lowest BCUT2D eigenvalue weighted by Gasteiger charge is -2.34. The van der Waals surface area contributed by atoms with Gasteiger partial charge >= 0.3 is 12.2 Å². The molecule has 7 rings (SSSR count). The van der Waals surface area contributed by atoms with E-state index in [9.17, 15) is 9.50 Å². The standard InChI is InChI=1S/C30H29F5N6O2/c1-40-8-2-3-18(40)14-43-29-38-27-21(28(39-29)41-12-16-5-6-17(13-41)37-16)11-36-26(24(27)30(33,34)35)20-10-19(42)9-15-4-7-22(31)25(32)23(15)20/h4,7,9-11,16-18,37,42H,2-3,5-6,8,12-14H2,1H3/t16?,17?,18-/m0/s1. The van der Waals surface area contributed by atoms with Crippen molar-refractivity contribution in [1.82, 2.24) is 25.2 Å². The number of likely N-dealkylation sites (tertiary alicyclic amines) is 1. The van der Waals surface area contributed by atoms with Crippen molar-refractivity contribution in [1.29, 1.82) is 0 Å². The van der Waals surface area contributed by atoms with E-state index in [0.29, 0.717) is 13.1 Å². The number of nitrogens with one attached hydrogen (secondary N) is 1. The fourth-order valence-electron chi connectivity index (χ4n) is 6.73. The Morgan fingerprint density at radius 3 is 2.53 bits per heavy atom. The first kappa shape index (κ1) is 28.0. The molecule has 43 heavy (non-hydrogen) atoms. The summed E-state index contributed by atoms with van der Waals surface area (Å²) in [6.07, 6.45) is -0.0109. The molecule has 0 radical (unpaired) electrons. The predicted molar refractivity (Wildman–Crippen MR) is 150 cm³/mol. The van der Waals surface area contributed by atoms with E-state index in [1.54, 1.807) is 0 Å². The number of aromatic hydroxyl groups is 1. The molecule has 3 atom stereocenters. The molecular weight excluding hydrogens is 571 g/mol. The van der Waals surface area contributed by atoms with Gasteiger partial charge in [-0.05, 0) is 62.9 Å². The molecular formula is C30H29F5N6O2. The molecule has 2 aromatic carbocycles. The number of pyridine rings is 1. The first-order chi connectivity index (χ1) is 20.6. The highest BCUT2D eigenvalue weighted by Crippen LogP contribution is 2.45. The summed E-state index contributed by atoms with van der Waals surface area (Å²) in [5.41, 5.74) is -2.80. The second-order valence-electron chi connectivity index (χ2n) is 11.7. The molecule has 3 aliphatic rings. The van der Waals surface area contributed by atoms with Gasteiger partial charge in [-0.15, -0.1) is 0 Å². The topological polar surface area (TPSA) is 86.6 Å². The Morgan fingerprint density at radius 2 is 1.84 bits per heavy atom. The minimum atomic E-state index is -5.01. The summed E-state index contributed by atoms with van der Waals surface area (Å²) in [6, 6.07) is 4.37. The van der Waals surface area contributed by atoms with Gasteiger partial charge in [0.05, 0.1) is 16.6 Å². The molecule has 3 aliphatic heterocycles. The molecule has 3 saturated heterocycles. The third kappa shape index (κ3) is 4.97. The number of phenolic OH excluding ortho intramolecular Hbond substituents is 1. The van der Waals surface area contributed by atoms with E-state index in [4.69, 9.17) is 4.74 Å². The molecule has 8 nitrogen and oxygen atoms in total. The maximum absolute atomic E-state index is 15.1. The van der Waals surface area contributed by atoms with Crippen molar-refractivity contribution in [3.63, 3.8) is 0 Å². The van der Waals surface area contributed by atoms with Crippen molar-refractivity contribution in [3.8, 4) is 23.0 Å². The highest BCUT2D eigenvalue weighted by Gasteiger charge is 2.40. The van der Waals surface area contributed by atoms with Gasteiger partial charge in [-0.1, -0.05) is 6.07 Å². The molecule has 3 fully saturated rings. The number of halogens is 5. The second kappa shape index (κ2) is 10.4. The number of fused-ring (bicyclic) bond motifs is 4. The number of alkyl halides is 3. The minimum absolute atomic E-state index is 0.0216. The van der Waals surface area contributed by atoms with Gasteiger partial charge in [-0.25, -0.2) is 8.78 Å². The minimum Gasteiger partial charge on any atom is -0.508 e. The summed E-state index contributed by atoms with van der Waals surface area (Å²) >= 11 is 0. The van der Waals surface area contributed by atoms with Crippen molar-refractivity contribution in [2.24, 2.45) is 0 Å². The fourth-order valence-corrected chi connectivity index (χ4v) is 6.73. The van der Waals surface area contributed by atoms with Gasteiger partial charge in [0.15, 0.2) is 11.6 Å². The van der Waals surface area contributed by atoms with Crippen molar-refractivity contribution in [2.45, 2.75) is 50.0 Å². The fraction of sp³-hybridized carbons (Fsp3) is 0.433. The first-order valence-corrected chi connectivity index (χ1v) is 14.3. The molecule has 2 aromatic heterocycles. The zero-order valence-electron chi connectivity index (χ0n) is 23.3. The van der Waals surface area contributed by atoms with E-state index in [1.807, 2.05) is 11.9 Å². The van der Waals surface area contributed by atoms with Gasteiger partial charge in [0.2, 0.25) is 0 Å². The average Bonchev–Trinajstić information content (AvgIpc) is 3.54.